The van der Waals surface area contributed by atoms with Gasteiger partial charge in [-0.3, -0.25) is 4.79 Å². The second-order valence-corrected chi connectivity index (χ2v) is 6.59. The highest BCUT2D eigenvalue weighted by atomic mass is 16.5. The molecule has 1 aromatic rings. The highest BCUT2D eigenvalue weighted by Gasteiger charge is 2.56. The molecule has 0 aromatic carbocycles. The summed E-state index contributed by atoms with van der Waals surface area (Å²) in [5.74, 6) is 0.0235. The lowest BCUT2D eigenvalue weighted by molar-refractivity contribution is -0.158. The number of amides is 1. The molecule has 1 N–H and O–H groups in total. The third kappa shape index (κ3) is 2.64. The van der Waals surface area contributed by atoms with Gasteiger partial charge in [0.25, 0.3) is 0 Å². The lowest BCUT2D eigenvalue weighted by Crippen LogP contribution is -2.65. The fraction of sp³-hybridized carbons (Fsp3) is 0.812. The number of carbonyl (C=O) groups is 1. The van der Waals surface area contributed by atoms with Crippen molar-refractivity contribution < 1.29 is 9.53 Å². The van der Waals surface area contributed by atoms with Gasteiger partial charge >= 0.3 is 0 Å². The Morgan fingerprint density at radius 3 is 2.86 bits per heavy atom. The lowest BCUT2D eigenvalue weighted by Gasteiger charge is -2.57. The number of hydrogen-bond donors (Lipinski definition) is 1. The van der Waals surface area contributed by atoms with Gasteiger partial charge in [-0.1, -0.05) is 19.3 Å². The molecule has 0 bridgehead atoms. The summed E-state index contributed by atoms with van der Waals surface area (Å²) >= 11 is 0. The summed E-state index contributed by atoms with van der Waals surface area (Å²) in [4.78, 5) is 16.4. The van der Waals surface area contributed by atoms with E-state index in [4.69, 9.17) is 4.74 Å². The van der Waals surface area contributed by atoms with Gasteiger partial charge in [0.1, 0.15) is 18.7 Å². The summed E-state index contributed by atoms with van der Waals surface area (Å²) in [6, 6.07) is -0.0860. The predicted octanol–water partition coefficient (Wildman–Crippen LogP) is 2.08. The van der Waals surface area contributed by atoms with Gasteiger partial charge in [-0.05, 0) is 33.1 Å². The molecule has 0 aliphatic heterocycles. The molecule has 2 aliphatic carbocycles. The molecule has 2 aliphatic rings. The zero-order chi connectivity index (χ0) is 15.6. The van der Waals surface area contributed by atoms with E-state index in [1.54, 1.807) is 11.0 Å². The van der Waals surface area contributed by atoms with E-state index in [0.717, 1.165) is 13.0 Å². The Balaban J connectivity index is 1.65. The highest BCUT2D eigenvalue weighted by molar-refractivity contribution is 5.80. The van der Waals surface area contributed by atoms with Gasteiger partial charge in [0.2, 0.25) is 5.91 Å². The quantitative estimate of drug-likeness (QED) is 0.904. The number of rotatable bonds is 5. The molecule has 22 heavy (non-hydrogen) atoms. The first-order valence-electron chi connectivity index (χ1n) is 8.43. The standard InChI is InChI=1S/C16H26N4O2/c1-3-22-14-9-13(16(14)7-5-4-6-8-16)19-15(21)12(2)20-11-17-10-18-20/h10-14H,3-9H2,1-2H3,(H,19,21)/t12-,13+,14+/m0/s1. The Morgan fingerprint density at radius 2 is 2.23 bits per heavy atom. The lowest BCUT2D eigenvalue weighted by atomic mass is 9.55. The van der Waals surface area contributed by atoms with Crippen LogP contribution in [0, 0.1) is 5.41 Å². The molecule has 1 heterocycles. The average Bonchev–Trinajstić information content (AvgIpc) is 3.08. The SMILES string of the molecule is CCO[C@@H]1C[C@@H](NC(=O)[C@H](C)n2cncn2)C12CCCCC2. The van der Waals surface area contributed by atoms with Crippen LogP contribution in [0.25, 0.3) is 0 Å². The number of hydrogen-bond acceptors (Lipinski definition) is 4. The second kappa shape index (κ2) is 6.36. The van der Waals surface area contributed by atoms with Crippen LogP contribution in [-0.4, -0.2) is 39.4 Å². The summed E-state index contributed by atoms with van der Waals surface area (Å²) in [5, 5.41) is 7.30. The molecule has 122 valence electrons. The van der Waals surface area contributed by atoms with Gasteiger partial charge in [-0.25, -0.2) is 9.67 Å². The predicted molar refractivity (Wildman–Crippen MR) is 82.2 cm³/mol. The number of ether oxygens (including phenoxy) is 1. The third-order valence-electron chi connectivity index (χ3n) is 5.47. The number of nitrogens with zero attached hydrogens (tertiary/aromatic N) is 3. The van der Waals surface area contributed by atoms with Crippen molar-refractivity contribution in [3.63, 3.8) is 0 Å². The average molecular weight is 306 g/mol. The summed E-state index contributed by atoms with van der Waals surface area (Å²) in [5.41, 5.74) is 0.159. The third-order valence-corrected chi connectivity index (χ3v) is 5.47. The molecule has 6 nitrogen and oxygen atoms in total. The van der Waals surface area contributed by atoms with Gasteiger partial charge in [-0.2, -0.15) is 5.10 Å². The molecular formula is C16H26N4O2. The van der Waals surface area contributed by atoms with Crippen LogP contribution in [0.2, 0.25) is 0 Å². The van der Waals surface area contributed by atoms with E-state index in [1.807, 2.05) is 6.92 Å². The summed E-state index contributed by atoms with van der Waals surface area (Å²) in [6.07, 6.45) is 10.4. The molecule has 1 spiro atoms. The normalized spacial score (nSPS) is 28.1. The molecule has 3 rings (SSSR count). The minimum Gasteiger partial charge on any atom is -0.378 e. The molecule has 0 radical (unpaired) electrons. The van der Waals surface area contributed by atoms with Crippen molar-refractivity contribution in [2.45, 2.75) is 70.6 Å². The van der Waals surface area contributed by atoms with E-state index in [-0.39, 0.29) is 23.4 Å². The number of aromatic nitrogens is 3. The van der Waals surface area contributed by atoms with Crippen molar-refractivity contribution in [1.29, 1.82) is 0 Å². The maximum absolute atomic E-state index is 12.5. The van der Waals surface area contributed by atoms with E-state index in [2.05, 4.69) is 22.3 Å². The zero-order valence-electron chi connectivity index (χ0n) is 13.5. The fourth-order valence-electron chi connectivity index (χ4n) is 4.10. The summed E-state index contributed by atoms with van der Waals surface area (Å²) in [6.45, 7) is 4.66. The topological polar surface area (TPSA) is 69.0 Å². The van der Waals surface area contributed by atoms with Crippen molar-refractivity contribution in [1.82, 2.24) is 20.1 Å². The van der Waals surface area contributed by atoms with E-state index >= 15 is 0 Å². The van der Waals surface area contributed by atoms with Gasteiger partial charge in [0.15, 0.2) is 0 Å². The molecule has 0 unspecified atom stereocenters. The first-order chi connectivity index (χ1) is 10.7. The molecular weight excluding hydrogens is 280 g/mol. The Morgan fingerprint density at radius 1 is 1.45 bits per heavy atom. The highest BCUT2D eigenvalue weighted by Crippen LogP contribution is 2.53. The number of nitrogens with one attached hydrogen (secondary N) is 1. The van der Waals surface area contributed by atoms with Crippen LogP contribution in [0.5, 0.6) is 0 Å². The summed E-state index contributed by atoms with van der Waals surface area (Å²) in [7, 11) is 0. The van der Waals surface area contributed by atoms with Gasteiger partial charge in [0, 0.05) is 18.1 Å². The van der Waals surface area contributed by atoms with Crippen molar-refractivity contribution in [3.05, 3.63) is 12.7 Å². The van der Waals surface area contributed by atoms with E-state index in [0.29, 0.717) is 6.10 Å². The van der Waals surface area contributed by atoms with Crippen LogP contribution in [0.3, 0.4) is 0 Å². The van der Waals surface area contributed by atoms with Crippen LogP contribution in [-0.2, 0) is 9.53 Å². The van der Waals surface area contributed by atoms with Crippen LogP contribution >= 0.6 is 0 Å². The molecule has 2 saturated carbocycles. The smallest absolute Gasteiger partial charge is 0.244 e. The minimum atomic E-state index is -0.325. The van der Waals surface area contributed by atoms with Gasteiger partial charge in [0.05, 0.1) is 6.10 Å². The van der Waals surface area contributed by atoms with Gasteiger partial charge in [-0.15, -0.1) is 0 Å². The Kier molecular flexibility index (Phi) is 4.47. The van der Waals surface area contributed by atoms with E-state index < -0.39 is 0 Å². The van der Waals surface area contributed by atoms with Crippen molar-refractivity contribution >= 4 is 5.91 Å². The Bertz CT molecular complexity index is 496. The minimum absolute atomic E-state index is 0.0235. The molecule has 3 atom stereocenters. The largest absolute Gasteiger partial charge is 0.378 e. The second-order valence-electron chi connectivity index (χ2n) is 6.59. The van der Waals surface area contributed by atoms with E-state index in [9.17, 15) is 4.79 Å². The first-order valence-corrected chi connectivity index (χ1v) is 8.43. The maximum atomic E-state index is 12.5. The van der Waals surface area contributed by atoms with E-state index in [1.165, 1.54) is 38.4 Å². The van der Waals surface area contributed by atoms with Gasteiger partial charge < -0.3 is 10.1 Å². The maximum Gasteiger partial charge on any atom is 0.244 e. The van der Waals surface area contributed by atoms with Crippen LogP contribution in [0.1, 0.15) is 58.4 Å². The number of carbonyl (C=O) groups excluding carboxylic acids is 1. The van der Waals surface area contributed by atoms with Crippen molar-refractivity contribution in [2.24, 2.45) is 5.41 Å². The van der Waals surface area contributed by atoms with Crippen molar-refractivity contribution in [3.8, 4) is 0 Å². The molecule has 2 fully saturated rings. The first kappa shape index (κ1) is 15.5. The van der Waals surface area contributed by atoms with Crippen LogP contribution < -0.4 is 5.32 Å². The Labute approximate surface area is 131 Å². The van der Waals surface area contributed by atoms with Crippen LogP contribution in [0.4, 0.5) is 0 Å². The van der Waals surface area contributed by atoms with Crippen LogP contribution in [0.15, 0.2) is 12.7 Å². The van der Waals surface area contributed by atoms with Crippen molar-refractivity contribution in [2.75, 3.05) is 6.61 Å². The Hall–Kier alpha value is -1.43. The molecule has 1 aromatic heterocycles. The summed E-state index contributed by atoms with van der Waals surface area (Å²) < 4.78 is 7.54. The molecule has 6 heteroatoms. The molecule has 0 saturated heterocycles. The zero-order valence-corrected chi connectivity index (χ0v) is 13.5. The molecule has 1 amide bonds. The monoisotopic (exact) mass is 306 g/mol. The fourth-order valence-corrected chi connectivity index (χ4v) is 4.10.